The molecular formula is C22H26N2O3. The van der Waals surface area contributed by atoms with Gasteiger partial charge in [0.05, 0.1) is 6.61 Å². The predicted molar refractivity (Wildman–Crippen MR) is 101 cm³/mol. The third-order valence-corrected chi connectivity index (χ3v) is 7.35. The number of amides is 2. The third-order valence-electron chi connectivity index (χ3n) is 7.35. The molecule has 0 N–H and O–H groups in total. The molecule has 3 aliphatic heterocycles. The Balaban J connectivity index is 1.22. The van der Waals surface area contributed by atoms with Gasteiger partial charge in [-0.3, -0.25) is 9.59 Å². The maximum Gasteiger partial charge on any atom is 0.245 e. The minimum absolute atomic E-state index is 0.00946. The maximum absolute atomic E-state index is 13.1. The van der Waals surface area contributed by atoms with E-state index in [0.29, 0.717) is 12.5 Å². The van der Waals surface area contributed by atoms with Gasteiger partial charge in [-0.15, -0.1) is 0 Å². The van der Waals surface area contributed by atoms with Crippen molar-refractivity contribution in [2.45, 2.75) is 31.1 Å². The van der Waals surface area contributed by atoms with Gasteiger partial charge < -0.3 is 14.5 Å². The van der Waals surface area contributed by atoms with Gasteiger partial charge in [-0.1, -0.05) is 24.8 Å². The fourth-order valence-corrected chi connectivity index (χ4v) is 5.47. The summed E-state index contributed by atoms with van der Waals surface area (Å²) in [5.74, 6) is 1.40. The lowest BCUT2D eigenvalue weighted by molar-refractivity contribution is -0.135. The topological polar surface area (TPSA) is 49.9 Å². The van der Waals surface area contributed by atoms with Crippen LogP contribution in [0, 0.1) is 11.3 Å². The maximum atomic E-state index is 13.1. The first-order valence-electron chi connectivity index (χ1n) is 9.99. The highest BCUT2D eigenvalue weighted by Gasteiger charge is 2.62. The number of carbonyl (C=O) groups excluding carboxylic acids is 2. The number of para-hydroxylation sites is 1. The Morgan fingerprint density at radius 2 is 1.85 bits per heavy atom. The van der Waals surface area contributed by atoms with Gasteiger partial charge in [-0.2, -0.15) is 0 Å². The molecule has 4 aliphatic rings. The second-order valence-electron chi connectivity index (χ2n) is 8.72. The first kappa shape index (κ1) is 16.8. The highest BCUT2D eigenvalue weighted by molar-refractivity contribution is 5.88. The molecule has 0 radical (unpaired) electrons. The number of carbonyl (C=O) groups is 2. The average Bonchev–Trinajstić information content (AvgIpc) is 3.05. The molecule has 2 amide bonds. The zero-order valence-electron chi connectivity index (χ0n) is 15.7. The van der Waals surface area contributed by atoms with Crippen LogP contribution in [-0.4, -0.2) is 54.4 Å². The molecule has 5 heteroatoms. The van der Waals surface area contributed by atoms with Gasteiger partial charge in [-0.25, -0.2) is 0 Å². The number of nitrogens with zero attached hydrogens (tertiary/aromatic N) is 2. The molecule has 2 spiro atoms. The van der Waals surface area contributed by atoms with Crippen molar-refractivity contribution in [2.24, 2.45) is 11.3 Å². The van der Waals surface area contributed by atoms with Crippen molar-refractivity contribution in [3.63, 3.8) is 0 Å². The van der Waals surface area contributed by atoms with Crippen LogP contribution in [0.3, 0.4) is 0 Å². The standard InChI is InChI=1S/C22H26N2O3/c1-2-19(25)24-12-9-22(14-24)13-17(22)20(26)23-10-7-21(8-11-23)15-27-18-6-4-3-5-16(18)21/h2-6,17H,1,7-15H2. The summed E-state index contributed by atoms with van der Waals surface area (Å²) in [6.45, 7) is 7.39. The van der Waals surface area contributed by atoms with Crippen LogP contribution >= 0.6 is 0 Å². The lowest BCUT2D eigenvalue weighted by Gasteiger charge is -2.39. The van der Waals surface area contributed by atoms with Crippen molar-refractivity contribution in [3.8, 4) is 5.75 Å². The predicted octanol–water partition coefficient (Wildman–Crippen LogP) is 2.36. The summed E-state index contributed by atoms with van der Waals surface area (Å²) in [6, 6.07) is 8.33. The molecule has 1 aliphatic carbocycles. The fraction of sp³-hybridized carbons (Fsp3) is 0.545. The zero-order chi connectivity index (χ0) is 18.6. The Kier molecular flexibility index (Phi) is 3.65. The van der Waals surface area contributed by atoms with Crippen LogP contribution in [-0.2, 0) is 15.0 Å². The Bertz CT molecular complexity index is 812. The summed E-state index contributed by atoms with van der Waals surface area (Å²) in [6.07, 6.45) is 5.19. The summed E-state index contributed by atoms with van der Waals surface area (Å²) in [7, 11) is 0. The van der Waals surface area contributed by atoms with Gasteiger partial charge in [0.15, 0.2) is 0 Å². The summed E-state index contributed by atoms with van der Waals surface area (Å²) in [4.78, 5) is 28.8. The number of fused-ring (bicyclic) bond motifs is 2. The first-order chi connectivity index (χ1) is 13.1. The minimum Gasteiger partial charge on any atom is -0.492 e. The number of rotatable bonds is 2. The van der Waals surface area contributed by atoms with E-state index in [1.54, 1.807) is 0 Å². The molecule has 1 aromatic rings. The molecule has 5 rings (SSSR count). The summed E-state index contributed by atoms with van der Waals surface area (Å²) >= 11 is 0. The molecule has 2 unspecified atom stereocenters. The number of ether oxygens (including phenoxy) is 1. The van der Waals surface area contributed by atoms with Crippen molar-refractivity contribution < 1.29 is 14.3 Å². The molecule has 2 saturated heterocycles. The molecule has 3 fully saturated rings. The third kappa shape index (κ3) is 2.51. The lowest BCUT2D eigenvalue weighted by atomic mass is 9.74. The fourth-order valence-electron chi connectivity index (χ4n) is 5.47. The Morgan fingerprint density at radius 1 is 1.11 bits per heavy atom. The van der Waals surface area contributed by atoms with Gasteiger partial charge in [0, 0.05) is 48.5 Å². The van der Waals surface area contributed by atoms with Crippen molar-refractivity contribution in [1.29, 1.82) is 0 Å². The van der Waals surface area contributed by atoms with E-state index in [-0.39, 0.29) is 22.7 Å². The van der Waals surface area contributed by atoms with Gasteiger partial charge in [0.1, 0.15) is 5.75 Å². The van der Waals surface area contributed by atoms with Gasteiger partial charge >= 0.3 is 0 Å². The highest BCUT2D eigenvalue weighted by atomic mass is 16.5. The van der Waals surface area contributed by atoms with E-state index < -0.39 is 0 Å². The Labute approximate surface area is 160 Å². The number of piperidine rings is 1. The van der Waals surface area contributed by atoms with E-state index in [2.05, 4.69) is 23.6 Å². The zero-order valence-corrected chi connectivity index (χ0v) is 15.7. The summed E-state index contributed by atoms with van der Waals surface area (Å²) in [5, 5.41) is 0. The van der Waals surface area contributed by atoms with Crippen LogP contribution in [0.5, 0.6) is 5.75 Å². The molecule has 0 bridgehead atoms. The van der Waals surface area contributed by atoms with Crippen LogP contribution in [0.15, 0.2) is 36.9 Å². The van der Waals surface area contributed by atoms with Crippen LogP contribution in [0.25, 0.3) is 0 Å². The average molecular weight is 366 g/mol. The molecule has 1 saturated carbocycles. The van der Waals surface area contributed by atoms with Gasteiger partial charge in [-0.05, 0) is 37.8 Å². The largest absolute Gasteiger partial charge is 0.492 e. The molecule has 142 valence electrons. The van der Waals surface area contributed by atoms with Crippen molar-refractivity contribution in [2.75, 3.05) is 32.8 Å². The van der Waals surface area contributed by atoms with E-state index in [1.165, 1.54) is 11.6 Å². The molecule has 2 atom stereocenters. The van der Waals surface area contributed by atoms with Crippen molar-refractivity contribution in [1.82, 2.24) is 9.80 Å². The molecule has 0 aromatic heterocycles. The SMILES string of the molecule is C=CC(=O)N1CCC2(CC2C(=O)N2CCC3(CC2)COc2ccccc23)C1. The van der Waals surface area contributed by atoms with Crippen LogP contribution in [0.4, 0.5) is 0 Å². The van der Waals surface area contributed by atoms with E-state index >= 15 is 0 Å². The Hall–Kier alpha value is -2.30. The molecule has 1 aromatic carbocycles. The normalized spacial score (nSPS) is 30.3. The number of hydrogen-bond acceptors (Lipinski definition) is 3. The molecular weight excluding hydrogens is 340 g/mol. The smallest absolute Gasteiger partial charge is 0.245 e. The van der Waals surface area contributed by atoms with E-state index in [9.17, 15) is 9.59 Å². The second kappa shape index (κ2) is 5.85. The van der Waals surface area contributed by atoms with Crippen LogP contribution < -0.4 is 4.74 Å². The number of likely N-dealkylation sites (tertiary alicyclic amines) is 2. The molecule has 5 nitrogen and oxygen atoms in total. The number of benzene rings is 1. The first-order valence-corrected chi connectivity index (χ1v) is 9.99. The minimum atomic E-state index is -0.00946. The Morgan fingerprint density at radius 3 is 2.63 bits per heavy atom. The lowest BCUT2D eigenvalue weighted by Crippen LogP contribution is -2.47. The molecule has 3 heterocycles. The van der Waals surface area contributed by atoms with Crippen LogP contribution in [0.1, 0.15) is 31.2 Å². The monoisotopic (exact) mass is 366 g/mol. The summed E-state index contributed by atoms with van der Waals surface area (Å²) in [5.41, 5.74) is 1.43. The molecule has 27 heavy (non-hydrogen) atoms. The van der Waals surface area contributed by atoms with Crippen molar-refractivity contribution >= 4 is 11.8 Å². The van der Waals surface area contributed by atoms with Crippen molar-refractivity contribution in [3.05, 3.63) is 42.5 Å². The van der Waals surface area contributed by atoms with E-state index in [0.717, 1.165) is 57.7 Å². The van der Waals surface area contributed by atoms with E-state index in [1.807, 2.05) is 17.0 Å². The summed E-state index contributed by atoms with van der Waals surface area (Å²) < 4.78 is 5.92. The number of hydrogen-bond donors (Lipinski definition) is 0. The highest BCUT2D eigenvalue weighted by Crippen LogP contribution is 2.59. The quantitative estimate of drug-likeness (QED) is 0.755. The van der Waals surface area contributed by atoms with Crippen LogP contribution in [0.2, 0.25) is 0 Å². The van der Waals surface area contributed by atoms with Gasteiger partial charge in [0.25, 0.3) is 0 Å². The second-order valence-corrected chi connectivity index (χ2v) is 8.72. The van der Waals surface area contributed by atoms with E-state index in [4.69, 9.17) is 4.74 Å². The van der Waals surface area contributed by atoms with Gasteiger partial charge in [0.2, 0.25) is 11.8 Å².